The molecular weight excluding hydrogens is 228 g/mol. The lowest BCUT2D eigenvalue weighted by atomic mass is 10.2. The smallest absolute Gasteiger partial charge is 0.161 e. The Morgan fingerprint density at radius 1 is 1.33 bits per heavy atom. The molecule has 98 valence electrons. The van der Waals surface area contributed by atoms with E-state index < -0.39 is 0 Å². The van der Waals surface area contributed by atoms with E-state index >= 15 is 0 Å². The van der Waals surface area contributed by atoms with Gasteiger partial charge in [-0.15, -0.1) is 0 Å². The Morgan fingerprint density at radius 3 is 2.61 bits per heavy atom. The topological polar surface area (TPSA) is 45.5 Å². The predicted molar refractivity (Wildman–Crippen MR) is 70.8 cm³/mol. The van der Waals surface area contributed by atoms with Crippen LogP contribution in [0.4, 0.5) is 0 Å². The fourth-order valence-electron chi connectivity index (χ4n) is 1.55. The number of likely N-dealkylation sites (N-methyl/N-ethyl adjacent to an activating group) is 1. The van der Waals surface area contributed by atoms with Crippen molar-refractivity contribution in [2.24, 2.45) is 0 Å². The summed E-state index contributed by atoms with van der Waals surface area (Å²) in [4.78, 5) is 2.11. The van der Waals surface area contributed by atoms with Gasteiger partial charge in [-0.3, -0.25) is 4.90 Å². The minimum absolute atomic E-state index is 0.247. The lowest BCUT2D eigenvalue weighted by Crippen LogP contribution is -2.32. The molecule has 0 aliphatic rings. The van der Waals surface area contributed by atoms with Gasteiger partial charge in [0.25, 0.3) is 0 Å². The van der Waals surface area contributed by atoms with Crippen LogP contribution >= 0.6 is 0 Å². The Morgan fingerprint density at radius 2 is 2.00 bits per heavy atom. The van der Waals surface area contributed by atoms with E-state index in [2.05, 4.69) is 11.0 Å². The van der Waals surface area contributed by atoms with Crippen LogP contribution in [0.25, 0.3) is 0 Å². The van der Waals surface area contributed by atoms with Gasteiger partial charge in [-0.2, -0.15) is 5.26 Å². The standard InChI is InChI=1S/C14H20N2O2/c1-12(8-9-15)16(2)10-11-18-14-7-5-4-6-13(14)17-3/h4-7,12H,8,10-11H2,1-3H3. The van der Waals surface area contributed by atoms with Crippen molar-refractivity contribution in [3.63, 3.8) is 0 Å². The van der Waals surface area contributed by atoms with Crippen LogP contribution in [0.2, 0.25) is 0 Å². The van der Waals surface area contributed by atoms with Crippen LogP contribution in [0.3, 0.4) is 0 Å². The van der Waals surface area contributed by atoms with E-state index in [-0.39, 0.29) is 6.04 Å². The molecule has 0 spiro atoms. The number of hydrogen-bond acceptors (Lipinski definition) is 4. The second-order valence-corrected chi connectivity index (χ2v) is 4.19. The van der Waals surface area contributed by atoms with Crippen LogP contribution in [-0.4, -0.2) is 38.3 Å². The fourth-order valence-corrected chi connectivity index (χ4v) is 1.55. The zero-order chi connectivity index (χ0) is 13.4. The van der Waals surface area contributed by atoms with Crippen molar-refractivity contribution in [1.82, 2.24) is 4.90 Å². The molecule has 1 aromatic rings. The van der Waals surface area contributed by atoms with Crippen LogP contribution < -0.4 is 9.47 Å². The van der Waals surface area contributed by atoms with Gasteiger partial charge in [0.05, 0.1) is 19.6 Å². The highest BCUT2D eigenvalue weighted by atomic mass is 16.5. The van der Waals surface area contributed by atoms with Crippen molar-refractivity contribution >= 4 is 0 Å². The van der Waals surface area contributed by atoms with Crippen molar-refractivity contribution < 1.29 is 9.47 Å². The monoisotopic (exact) mass is 248 g/mol. The second-order valence-electron chi connectivity index (χ2n) is 4.19. The molecule has 4 nitrogen and oxygen atoms in total. The van der Waals surface area contributed by atoms with Crippen molar-refractivity contribution in [2.45, 2.75) is 19.4 Å². The number of benzene rings is 1. The zero-order valence-electron chi connectivity index (χ0n) is 11.2. The lowest BCUT2D eigenvalue weighted by Gasteiger charge is -2.22. The Bertz CT molecular complexity index is 401. The van der Waals surface area contributed by atoms with E-state index in [0.29, 0.717) is 13.0 Å². The molecule has 4 heteroatoms. The van der Waals surface area contributed by atoms with Crippen LogP contribution in [-0.2, 0) is 0 Å². The van der Waals surface area contributed by atoms with Gasteiger partial charge in [0.1, 0.15) is 6.61 Å². The Hall–Kier alpha value is -1.73. The van der Waals surface area contributed by atoms with Gasteiger partial charge in [0, 0.05) is 12.6 Å². The third kappa shape index (κ3) is 4.27. The van der Waals surface area contributed by atoms with E-state index in [9.17, 15) is 0 Å². The predicted octanol–water partition coefficient (Wildman–Crippen LogP) is 2.31. The third-order valence-corrected chi connectivity index (χ3v) is 2.91. The van der Waals surface area contributed by atoms with Crippen LogP contribution in [0.5, 0.6) is 11.5 Å². The number of para-hydroxylation sites is 2. The fraction of sp³-hybridized carbons (Fsp3) is 0.500. The first-order chi connectivity index (χ1) is 8.69. The lowest BCUT2D eigenvalue weighted by molar-refractivity contribution is 0.197. The van der Waals surface area contributed by atoms with E-state index in [1.165, 1.54) is 0 Å². The van der Waals surface area contributed by atoms with Gasteiger partial charge in [0.2, 0.25) is 0 Å². The molecule has 1 atom stereocenters. The van der Waals surface area contributed by atoms with Crippen LogP contribution in [0.15, 0.2) is 24.3 Å². The molecule has 1 aromatic carbocycles. The highest BCUT2D eigenvalue weighted by molar-refractivity contribution is 5.39. The Labute approximate surface area is 109 Å². The summed E-state index contributed by atoms with van der Waals surface area (Å²) in [5.74, 6) is 1.49. The molecule has 1 unspecified atom stereocenters. The molecule has 0 amide bonds. The molecule has 0 saturated heterocycles. The van der Waals surface area contributed by atoms with E-state index in [1.54, 1.807) is 7.11 Å². The van der Waals surface area contributed by atoms with Gasteiger partial charge in [0.15, 0.2) is 11.5 Å². The summed E-state index contributed by atoms with van der Waals surface area (Å²) in [6, 6.07) is 10.0. The van der Waals surface area contributed by atoms with Gasteiger partial charge >= 0.3 is 0 Å². The SMILES string of the molecule is COc1ccccc1OCCN(C)C(C)CC#N. The summed E-state index contributed by atoms with van der Waals surface area (Å²) in [5.41, 5.74) is 0. The van der Waals surface area contributed by atoms with Crippen molar-refractivity contribution in [1.29, 1.82) is 5.26 Å². The van der Waals surface area contributed by atoms with Gasteiger partial charge < -0.3 is 9.47 Å². The molecule has 0 heterocycles. The summed E-state index contributed by atoms with van der Waals surface area (Å²) in [7, 11) is 3.62. The minimum Gasteiger partial charge on any atom is -0.493 e. The number of hydrogen-bond donors (Lipinski definition) is 0. The summed E-state index contributed by atoms with van der Waals surface area (Å²) in [5, 5.41) is 8.63. The Kier molecular flexibility index (Phi) is 6.03. The van der Waals surface area contributed by atoms with Crippen molar-refractivity contribution in [3.05, 3.63) is 24.3 Å². The van der Waals surface area contributed by atoms with E-state index in [1.807, 2.05) is 38.2 Å². The van der Waals surface area contributed by atoms with Crippen LogP contribution in [0.1, 0.15) is 13.3 Å². The largest absolute Gasteiger partial charge is 0.493 e. The van der Waals surface area contributed by atoms with Crippen molar-refractivity contribution in [3.8, 4) is 17.6 Å². The second kappa shape index (κ2) is 7.57. The summed E-state index contributed by atoms with van der Waals surface area (Å²) < 4.78 is 10.9. The van der Waals surface area contributed by atoms with Crippen molar-refractivity contribution in [2.75, 3.05) is 27.3 Å². The minimum atomic E-state index is 0.247. The molecule has 0 radical (unpaired) electrons. The molecule has 0 aliphatic heterocycles. The average molecular weight is 248 g/mol. The van der Waals surface area contributed by atoms with E-state index in [4.69, 9.17) is 14.7 Å². The first-order valence-corrected chi connectivity index (χ1v) is 6.02. The highest BCUT2D eigenvalue weighted by Gasteiger charge is 2.09. The van der Waals surface area contributed by atoms with Gasteiger partial charge in [-0.05, 0) is 26.1 Å². The number of ether oxygens (including phenoxy) is 2. The first-order valence-electron chi connectivity index (χ1n) is 6.02. The van der Waals surface area contributed by atoms with E-state index in [0.717, 1.165) is 18.0 Å². The number of nitrogens with zero attached hydrogens (tertiary/aromatic N) is 2. The maximum absolute atomic E-state index is 8.63. The molecule has 0 aromatic heterocycles. The molecular formula is C14H20N2O2. The summed E-state index contributed by atoms with van der Waals surface area (Å²) in [6.45, 7) is 3.39. The molecule has 1 rings (SSSR count). The first kappa shape index (κ1) is 14.3. The Balaban J connectivity index is 2.40. The molecule has 0 saturated carbocycles. The quantitative estimate of drug-likeness (QED) is 0.743. The summed E-state index contributed by atoms with van der Waals surface area (Å²) in [6.07, 6.45) is 0.533. The third-order valence-electron chi connectivity index (χ3n) is 2.91. The molecule has 0 fully saturated rings. The number of nitriles is 1. The average Bonchev–Trinajstić information content (AvgIpc) is 2.39. The molecule has 0 bridgehead atoms. The van der Waals surface area contributed by atoms with Gasteiger partial charge in [-0.1, -0.05) is 12.1 Å². The normalized spacial score (nSPS) is 11.9. The number of methoxy groups -OCH3 is 1. The molecule has 0 aliphatic carbocycles. The highest BCUT2D eigenvalue weighted by Crippen LogP contribution is 2.25. The molecule has 0 N–H and O–H groups in total. The summed E-state index contributed by atoms with van der Waals surface area (Å²) >= 11 is 0. The molecule has 18 heavy (non-hydrogen) atoms. The maximum Gasteiger partial charge on any atom is 0.161 e. The van der Waals surface area contributed by atoms with Crippen LogP contribution in [0, 0.1) is 11.3 Å². The maximum atomic E-state index is 8.63. The van der Waals surface area contributed by atoms with Gasteiger partial charge in [-0.25, -0.2) is 0 Å². The zero-order valence-corrected chi connectivity index (χ0v) is 11.2. The number of rotatable bonds is 7.